The van der Waals surface area contributed by atoms with E-state index in [0.29, 0.717) is 16.3 Å². The average molecular weight is 295 g/mol. The normalized spacial score (nSPS) is 12.1. The topological polar surface area (TPSA) is 87.7 Å². The summed E-state index contributed by atoms with van der Waals surface area (Å²) in [5, 5.41) is 18.6. The molecule has 2 aromatic rings. The van der Waals surface area contributed by atoms with Gasteiger partial charge in [0.15, 0.2) is 0 Å². The van der Waals surface area contributed by atoms with Gasteiger partial charge in [-0.1, -0.05) is 23.7 Å². The monoisotopic (exact) mass is 294 g/mol. The lowest BCUT2D eigenvalue weighted by Crippen LogP contribution is -2.14. The molecule has 5 nitrogen and oxygen atoms in total. The van der Waals surface area contributed by atoms with Crippen molar-refractivity contribution in [3.8, 4) is 0 Å². The van der Waals surface area contributed by atoms with Gasteiger partial charge in [-0.05, 0) is 29.8 Å². The van der Waals surface area contributed by atoms with Crippen LogP contribution in [0.1, 0.15) is 27.8 Å². The van der Waals surface area contributed by atoms with Crippen LogP contribution in [0.15, 0.2) is 40.8 Å². The van der Waals surface area contributed by atoms with E-state index in [4.69, 9.17) is 21.1 Å². The van der Waals surface area contributed by atoms with Crippen LogP contribution in [0.3, 0.4) is 0 Å². The lowest BCUT2D eigenvalue weighted by molar-refractivity contribution is -0.138. The summed E-state index contributed by atoms with van der Waals surface area (Å²) in [7, 11) is 0. The molecule has 1 atom stereocenters. The SMILES string of the molecule is O=C(O)c1ccc(CC(C(=O)O)c2ccc(Cl)cc2)o1. The molecule has 0 amide bonds. The fraction of sp³-hybridized carbons (Fsp3) is 0.143. The predicted octanol–water partition coefficient (Wildman–Crippen LogP) is 3.04. The summed E-state index contributed by atoms with van der Waals surface area (Å²) in [6, 6.07) is 9.24. The highest BCUT2D eigenvalue weighted by atomic mass is 35.5. The number of benzene rings is 1. The highest BCUT2D eigenvalue weighted by molar-refractivity contribution is 6.30. The molecule has 0 aliphatic heterocycles. The maximum atomic E-state index is 11.3. The van der Waals surface area contributed by atoms with Gasteiger partial charge >= 0.3 is 11.9 Å². The molecule has 0 fully saturated rings. The van der Waals surface area contributed by atoms with Crippen molar-refractivity contribution in [1.82, 2.24) is 0 Å². The minimum absolute atomic E-state index is 0.0737. The minimum Gasteiger partial charge on any atom is -0.481 e. The second kappa shape index (κ2) is 5.79. The van der Waals surface area contributed by atoms with Gasteiger partial charge in [0, 0.05) is 11.4 Å². The second-order valence-electron chi connectivity index (χ2n) is 4.22. The lowest BCUT2D eigenvalue weighted by atomic mass is 9.95. The Labute approximate surface area is 119 Å². The number of rotatable bonds is 5. The Morgan fingerprint density at radius 1 is 1.10 bits per heavy atom. The van der Waals surface area contributed by atoms with Crippen molar-refractivity contribution in [2.24, 2.45) is 0 Å². The Bertz CT molecular complexity index is 629. The van der Waals surface area contributed by atoms with Crippen LogP contribution in [-0.4, -0.2) is 22.2 Å². The van der Waals surface area contributed by atoms with Gasteiger partial charge in [0.2, 0.25) is 5.76 Å². The number of carbonyl (C=O) groups is 2. The van der Waals surface area contributed by atoms with Gasteiger partial charge in [0.1, 0.15) is 5.76 Å². The first-order valence-electron chi connectivity index (χ1n) is 5.77. The molecular weight excluding hydrogens is 284 g/mol. The number of halogens is 1. The molecule has 2 N–H and O–H groups in total. The summed E-state index contributed by atoms with van der Waals surface area (Å²) in [6.07, 6.45) is 0.0737. The van der Waals surface area contributed by atoms with Gasteiger partial charge < -0.3 is 14.6 Å². The first-order valence-corrected chi connectivity index (χ1v) is 6.15. The van der Waals surface area contributed by atoms with E-state index in [0.717, 1.165) is 0 Å². The third-order valence-electron chi connectivity index (χ3n) is 2.85. The molecule has 0 radical (unpaired) electrons. The van der Waals surface area contributed by atoms with Gasteiger partial charge in [0.25, 0.3) is 0 Å². The molecule has 0 saturated heterocycles. The van der Waals surface area contributed by atoms with Crippen LogP contribution in [0, 0.1) is 0 Å². The molecule has 6 heteroatoms. The van der Waals surface area contributed by atoms with Crippen LogP contribution in [0.25, 0.3) is 0 Å². The van der Waals surface area contributed by atoms with E-state index in [-0.39, 0.29) is 12.2 Å². The number of carboxylic acid groups (broad SMARTS) is 2. The van der Waals surface area contributed by atoms with Crippen molar-refractivity contribution in [3.05, 3.63) is 58.5 Å². The van der Waals surface area contributed by atoms with Crippen LogP contribution < -0.4 is 0 Å². The number of hydrogen-bond acceptors (Lipinski definition) is 3. The Hall–Kier alpha value is -2.27. The molecule has 1 unspecified atom stereocenters. The van der Waals surface area contributed by atoms with Gasteiger partial charge in [0.05, 0.1) is 5.92 Å². The Morgan fingerprint density at radius 3 is 2.25 bits per heavy atom. The van der Waals surface area contributed by atoms with Crippen molar-refractivity contribution in [2.75, 3.05) is 0 Å². The zero-order chi connectivity index (χ0) is 14.7. The van der Waals surface area contributed by atoms with E-state index in [2.05, 4.69) is 0 Å². The van der Waals surface area contributed by atoms with E-state index in [1.165, 1.54) is 12.1 Å². The van der Waals surface area contributed by atoms with Crippen LogP contribution in [-0.2, 0) is 11.2 Å². The van der Waals surface area contributed by atoms with Gasteiger partial charge in [-0.2, -0.15) is 0 Å². The fourth-order valence-corrected chi connectivity index (χ4v) is 1.97. The van der Waals surface area contributed by atoms with Gasteiger partial charge in [-0.25, -0.2) is 4.79 Å². The van der Waals surface area contributed by atoms with E-state index in [1.807, 2.05) is 0 Å². The zero-order valence-corrected chi connectivity index (χ0v) is 11.0. The van der Waals surface area contributed by atoms with Crippen molar-refractivity contribution >= 4 is 23.5 Å². The average Bonchev–Trinajstić information content (AvgIpc) is 2.86. The first-order chi connectivity index (χ1) is 9.47. The molecular formula is C14H11ClO5. The Morgan fingerprint density at radius 2 is 1.75 bits per heavy atom. The summed E-state index contributed by atoms with van der Waals surface area (Å²) in [4.78, 5) is 22.1. The highest BCUT2D eigenvalue weighted by Crippen LogP contribution is 2.24. The molecule has 1 heterocycles. The molecule has 0 aliphatic carbocycles. The smallest absolute Gasteiger partial charge is 0.371 e. The third-order valence-corrected chi connectivity index (χ3v) is 3.10. The van der Waals surface area contributed by atoms with Crippen LogP contribution in [0.2, 0.25) is 5.02 Å². The quantitative estimate of drug-likeness (QED) is 0.885. The van der Waals surface area contributed by atoms with E-state index in [9.17, 15) is 14.7 Å². The summed E-state index contributed by atoms with van der Waals surface area (Å²) < 4.78 is 5.08. The maximum Gasteiger partial charge on any atom is 0.371 e. The number of carboxylic acids is 2. The van der Waals surface area contributed by atoms with Crippen molar-refractivity contribution in [2.45, 2.75) is 12.3 Å². The van der Waals surface area contributed by atoms with Crippen LogP contribution in [0.4, 0.5) is 0 Å². The zero-order valence-electron chi connectivity index (χ0n) is 10.2. The van der Waals surface area contributed by atoms with Crippen molar-refractivity contribution in [1.29, 1.82) is 0 Å². The number of aromatic carboxylic acids is 1. The van der Waals surface area contributed by atoms with E-state index >= 15 is 0 Å². The third kappa shape index (κ3) is 3.19. The minimum atomic E-state index is -1.19. The largest absolute Gasteiger partial charge is 0.481 e. The van der Waals surface area contributed by atoms with E-state index < -0.39 is 17.9 Å². The molecule has 20 heavy (non-hydrogen) atoms. The fourth-order valence-electron chi connectivity index (χ4n) is 1.85. The number of hydrogen-bond donors (Lipinski definition) is 2. The van der Waals surface area contributed by atoms with Crippen molar-refractivity contribution in [3.63, 3.8) is 0 Å². The maximum absolute atomic E-state index is 11.3. The number of furan rings is 1. The van der Waals surface area contributed by atoms with Crippen LogP contribution >= 0.6 is 11.6 Å². The summed E-state index contributed by atoms with van der Waals surface area (Å²) in [5.41, 5.74) is 0.579. The molecule has 104 valence electrons. The molecule has 0 bridgehead atoms. The molecule has 1 aromatic heterocycles. The van der Waals surface area contributed by atoms with Gasteiger partial charge in [-0.15, -0.1) is 0 Å². The lowest BCUT2D eigenvalue weighted by Gasteiger charge is -2.11. The van der Waals surface area contributed by atoms with E-state index in [1.54, 1.807) is 24.3 Å². The number of aliphatic carboxylic acids is 1. The first kappa shape index (κ1) is 14.1. The highest BCUT2D eigenvalue weighted by Gasteiger charge is 2.22. The second-order valence-corrected chi connectivity index (χ2v) is 4.65. The van der Waals surface area contributed by atoms with Crippen molar-refractivity contribution < 1.29 is 24.2 Å². The van der Waals surface area contributed by atoms with Gasteiger partial charge in [-0.3, -0.25) is 4.79 Å². The van der Waals surface area contributed by atoms with Crippen LogP contribution in [0.5, 0.6) is 0 Å². The molecule has 0 spiro atoms. The Kier molecular flexibility index (Phi) is 4.10. The Balaban J connectivity index is 2.23. The molecule has 2 rings (SSSR count). The molecule has 0 aliphatic rings. The standard InChI is InChI=1S/C14H11ClO5/c15-9-3-1-8(2-4-9)11(13(16)17)7-10-5-6-12(20-10)14(18)19/h1-6,11H,7H2,(H,16,17)(H,18,19). The summed E-state index contributed by atoms with van der Waals surface area (Å²) in [6.45, 7) is 0. The predicted molar refractivity (Wildman–Crippen MR) is 71.2 cm³/mol. The summed E-state index contributed by atoms with van der Waals surface area (Å²) in [5.74, 6) is -2.92. The molecule has 1 aromatic carbocycles. The summed E-state index contributed by atoms with van der Waals surface area (Å²) >= 11 is 5.76. The molecule has 0 saturated carbocycles.